The summed E-state index contributed by atoms with van der Waals surface area (Å²) in [5, 5.41) is 4.38. The molecule has 0 bridgehead atoms. The zero-order chi connectivity index (χ0) is 13.2. The molecule has 1 heterocycles. The van der Waals surface area contributed by atoms with Crippen LogP contribution in [-0.2, 0) is 11.3 Å². The summed E-state index contributed by atoms with van der Waals surface area (Å²) in [5.41, 5.74) is 1.41. The number of thiophene rings is 1. The maximum atomic E-state index is 12.1. The van der Waals surface area contributed by atoms with E-state index in [1.165, 1.54) is 18.4 Å². The Morgan fingerprint density at radius 1 is 1.37 bits per heavy atom. The lowest BCUT2D eigenvalue weighted by Gasteiger charge is -2.31. The molecule has 0 radical (unpaired) electrons. The maximum absolute atomic E-state index is 12.1. The standard InChI is InChI=1S/C16H23NOS/c1-12-2-5-16(18)14(8-12)10-17(15-3-4-15)9-13-6-7-19-11-13/h6-7,11-12,14-15H,2-5,8-10H2,1H3. The van der Waals surface area contributed by atoms with E-state index in [1.54, 1.807) is 11.3 Å². The van der Waals surface area contributed by atoms with Gasteiger partial charge in [0.1, 0.15) is 5.78 Å². The molecule has 19 heavy (non-hydrogen) atoms. The molecule has 3 rings (SSSR count). The molecule has 2 aliphatic carbocycles. The van der Waals surface area contributed by atoms with Gasteiger partial charge < -0.3 is 0 Å². The lowest BCUT2D eigenvalue weighted by molar-refractivity contribution is -0.126. The van der Waals surface area contributed by atoms with Crippen molar-refractivity contribution in [3.8, 4) is 0 Å². The molecule has 2 atom stereocenters. The van der Waals surface area contributed by atoms with Crippen LogP contribution in [0.5, 0.6) is 0 Å². The number of ketones is 1. The first-order valence-electron chi connectivity index (χ1n) is 7.50. The topological polar surface area (TPSA) is 20.3 Å². The summed E-state index contributed by atoms with van der Waals surface area (Å²) < 4.78 is 0. The molecule has 0 aromatic carbocycles. The Morgan fingerprint density at radius 2 is 2.21 bits per heavy atom. The fourth-order valence-electron chi connectivity index (χ4n) is 3.19. The third kappa shape index (κ3) is 3.46. The minimum absolute atomic E-state index is 0.294. The normalized spacial score (nSPS) is 28.0. The van der Waals surface area contributed by atoms with Gasteiger partial charge in [-0.1, -0.05) is 6.92 Å². The van der Waals surface area contributed by atoms with Crippen LogP contribution in [0.4, 0.5) is 0 Å². The predicted octanol–water partition coefficient (Wildman–Crippen LogP) is 3.72. The van der Waals surface area contributed by atoms with Crippen LogP contribution < -0.4 is 0 Å². The first-order chi connectivity index (χ1) is 9.22. The van der Waals surface area contributed by atoms with Crippen molar-refractivity contribution in [2.24, 2.45) is 11.8 Å². The number of hydrogen-bond acceptors (Lipinski definition) is 3. The van der Waals surface area contributed by atoms with E-state index in [1.807, 2.05) is 0 Å². The zero-order valence-electron chi connectivity index (χ0n) is 11.7. The number of Topliss-reactive ketones (excluding diaryl/α,β-unsaturated/α-hetero) is 1. The summed E-state index contributed by atoms with van der Waals surface area (Å²) in [6.07, 6.45) is 5.65. The second-order valence-corrected chi connectivity index (χ2v) is 7.12. The van der Waals surface area contributed by atoms with Gasteiger partial charge in [0, 0.05) is 31.5 Å². The third-order valence-corrected chi connectivity index (χ3v) is 5.24. The summed E-state index contributed by atoms with van der Waals surface area (Å²) in [4.78, 5) is 14.7. The highest BCUT2D eigenvalue weighted by Gasteiger charge is 2.34. The van der Waals surface area contributed by atoms with Crippen LogP contribution in [0.3, 0.4) is 0 Å². The zero-order valence-corrected chi connectivity index (χ0v) is 12.5. The van der Waals surface area contributed by atoms with Crippen molar-refractivity contribution in [3.05, 3.63) is 22.4 Å². The van der Waals surface area contributed by atoms with E-state index in [9.17, 15) is 4.79 Å². The van der Waals surface area contributed by atoms with Gasteiger partial charge in [0.15, 0.2) is 0 Å². The number of nitrogens with zero attached hydrogens (tertiary/aromatic N) is 1. The molecule has 0 aliphatic heterocycles. The van der Waals surface area contributed by atoms with Gasteiger partial charge in [0.2, 0.25) is 0 Å². The van der Waals surface area contributed by atoms with E-state index in [0.717, 1.165) is 44.3 Å². The van der Waals surface area contributed by atoms with Crippen LogP contribution >= 0.6 is 11.3 Å². The summed E-state index contributed by atoms with van der Waals surface area (Å²) in [5.74, 6) is 1.53. The Kier molecular flexibility index (Phi) is 4.04. The molecular weight excluding hydrogens is 254 g/mol. The molecule has 2 fully saturated rings. The average molecular weight is 277 g/mol. The summed E-state index contributed by atoms with van der Waals surface area (Å²) in [6, 6.07) is 2.95. The van der Waals surface area contributed by atoms with Crippen LogP contribution in [0.2, 0.25) is 0 Å². The van der Waals surface area contributed by atoms with Crippen molar-refractivity contribution in [3.63, 3.8) is 0 Å². The van der Waals surface area contributed by atoms with Gasteiger partial charge >= 0.3 is 0 Å². The molecule has 3 heteroatoms. The van der Waals surface area contributed by atoms with E-state index in [0.29, 0.717) is 11.7 Å². The molecule has 1 aromatic heterocycles. The Morgan fingerprint density at radius 3 is 2.89 bits per heavy atom. The Bertz CT molecular complexity index is 424. The van der Waals surface area contributed by atoms with Crippen LogP contribution in [0.1, 0.15) is 44.6 Å². The smallest absolute Gasteiger partial charge is 0.137 e. The molecule has 0 N–H and O–H groups in total. The summed E-state index contributed by atoms with van der Waals surface area (Å²) in [7, 11) is 0. The highest BCUT2D eigenvalue weighted by atomic mass is 32.1. The van der Waals surface area contributed by atoms with E-state index >= 15 is 0 Å². The second kappa shape index (κ2) is 5.76. The van der Waals surface area contributed by atoms with Gasteiger partial charge in [-0.2, -0.15) is 11.3 Å². The second-order valence-electron chi connectivity index (χ2n) is 6.34. The lowest BCUT2D eigenvalue weighted by Crippen LogP contribution is -2.37. The number of carbonyl (C=O) groups is 1. The molecule has 104 valence electrons. The van der Waals surface area contributed by atoms with Gasteiger partial charge in [0.25, 0.3) is 0 Å². The average Bonchev–Trinajstić information content (AvgIpc) is 3.12. The van der Waals surface area contributed by atoms with E-state index < -0.39 is 0 Å². The first-order valence-corrected chi connectivity index (χ1v) is 8.44. The quantitative estimate of drug-likeness (QED) is 0.817. The van der Waals surface area contributed by atoms with Crippen LogP contribution in [0.25, 0.3) is 0 Å². The number of carbonyl (C=O) groups excluding carboxylic acids is 1. The maximum Gasteiger partial charge on any atom is 0.137 e. The van der Waals surface area contributed by atoms with Crippen molar-refractivity contribution >= 4 is 17.1 Å². The Hall–Kier alpha value is -0.670. The van der Waals surface area contributed by atoms with Gasteiger partial charge in [-0.3, -0.25) is 9.69 Å². The number of rotatable bonds is 5. The highest BCUT2D eigenvalue weighted by Crippen LogP contribution is 2.33. The highest BCUT2D eigenvalue weighted by molar-refractivity contribution is 7.07. The first kappa shape index (κ1) is 13.3. The van der Waals surface area contributed by atoms with Crippen molar-refractivity contribution in [2.45, 2.75) is 51.6 Å². The fourth-order valence-corrected chi connectivity index (χ4v) is 3.85. The third-order valence-electron chi connectivity index (χ3n) is 4.51. The molecule has 0 spiro atoms. The summed E-state index contributed by atoms with van der Waals surface area (Å²) >= 11 is 1.77. The van der Waals surface area contributed by atoms with E-state index in [-0.39, 0.29) is 0 Å². The van der Waals surface area contributed by atoms with Gasteiger partial charge in [-0.05, 0) is 54.0 Å². The molecule has 2 saturated carbocycles. The fraction of sp³-hybridized carbons (Fsp3) is 0.688. The van der Waals surface area contributed by atoms with Crippen LogP contribution in [0.15, 0.2) is 16.8 Å². The molecule has 2 unspecified atom stereocenters. The molecule has 1 aromatic rings. The Balaban J connectivity index is 1.62. The molecule has 2 nitrogen and oxygen atoms in total. The number of hydrogen-bond donors (Lipinski definition) is 0. The SMILES string of the molecule is CC1CCC(=O)C(CN(Cc2ccsc2)C2CC2)C1. The van der Waals surface area contributed by atoms with Crippen LogP contribution in [0, 0.1) is 11.8 Å². The van der Waals surface area contributed by atoms with Crippen molar-refractivity contribution in [1.82, 2.24) is 4.90 Å². The van der Waals surface area contributed by atoms with Crippen molar-refractivity contribution < 1.29 is 4.79 Å². The van der Waals surface area contributed by atoms with Crippen LogP contribution in [-0.4, -0.2) is 23.3 Å². The monoisotopic (exact) mass is 277 g/mol. The molecular formula is C16H23NOS. The molecule has 2 aliphatic rings. The van der Waals surface area contributed by atoms with Gasteiger partial charge in [-0.25, -0.2) is 0 Å². The molecule has 0 amide bonds. The molecule has 0 saturated heterocycles. The minimum Gasteiger partial charge on any atom is -0.299 e. The van der Waals surface area contributed by atoms with Crippen molar-refractivity contribution in [1.29, 1.82) is 0 Å². The van der Waals surface area contributed by atoms with Gasteiger partial charge in [0.05, 0.1) is 0 Å². The summed E-state index contributed by atoms with van der Waals surface area (Å²) in [6.45, 7) is 4.32. The minimum atomic E-state index is 0.294. The Labute approximate surface area is 119 Å². The van der Waals surface area contributed by atoms with E-state index in [2.05, 4.69) is 28.7 Å². The van der Waals surface area contributed by atoms with E-state index in [4.69, 9.17) is 0 Å². The lowest BCUT2D eigenvalue weighted by atomic mass is 9.81. The van der Waals surface area contributed by atoms with Gasteiger partial charge in [-0.15, -0.1) is 0 Å². The predicted molar refractivity (Wildman–Crippen MR) is 79.3 cm³/mol. The largest absolute Gasteiger partial charge is 0.299 e. The van der Waals surface area contributed by atoms with Crippen molar-refractivity contribution in [2.75, 3.05) is 6.54 Å².